The number of nitrogens with zero attached hydrogens (tertiary/aromatic N) is 3. The van der Waals surface area contributed by atoms with Crippen LogP contribution in [0, 0.1) is 10.1 Å². The smallest absolute Gasteiger partial charge is 0.294 e. The molecule has 1 aliphatic heterocycles. The molecule has 2 aromatic carbocycles. The largest absolute Gasteiger partial charge is 0.362 e. The summed E-state index contributed by atoms with van der Waals surface area (Å²) in [6, 6.07) is 9.34. The van der Waals surface area contributed by atoms with Crippen LogP contribution in [0.25, 0.3) is 0 Å². The van der Waals surface area contributed by atoms with Crippen LogP contribution in [0.2, 0.25) is 15.1 Å². The molecule has 0 saturated carbocycles. The maximum absolute atomic E-state index is 12.7. The Labute approximate surface area is 165 Å². The first-order valence-electron chi connectivity index (χ1n) is 7.80. The summed E-state index contributed by atoms with van der Waals surface area (Å²) in [6.07, 6.45) is 0. The predicted molar refractivity (Wildman–Crippen MR) is 103 cm³/mol. The van der Waals surface area contributed by atoms with Crippen molar-refractivity contribution in [2.45, 2.75) is 0 Å². The van der Waals surface area contributed by atoms with Crippen LogP contribution in [0.3, 0.4) is 0 Å². The lowest BCUT2D eigenvalue weighted by Crippen LogP contribution is -2.49. The Bertz CT molecular complexity index is 868. The van der Waals surface area contributed by atoms with E-state index in [1.807, 2.05) is 4.90 Å². The molecule has 0 N–H and O–H groups in total. The van der Waals surface area contributed by atoms with E-state index >= 15 is 0 Å². The fourth-order valence-electron chi connectivity index (χ4n) is 2.89. The number of hydrogen-bond acceptors (Lipinski definition) is 4. The first-order chi connectivity index (χ1) is 12.4. The predicted octanol–water partition coefficient (Wildman–Crippen LogP) is 4.52. The molecule has 136 valence electrons. The van der Waals surface area contributed by atoms with Gasteiger partial charge in [0, 0.05) is 42.3 Å². The van der Waals surface area contributed by atoms with Gasteiger partial charge in [-0.05, 0) is 30.3 Å². The molecule has 1 heterocycles. The fourth-order valence-corrected chi connectivity index (χ4v) is 3.43. The highest BCUT2D eigenvalue weighted by Gasteiger charge is 2.27. The fraction of sp³-hybridized carbons (Fsp3) is 0.235. The molecule has 1 amide bonds. The summed E-state index contributed by atoms with van der Waals surface area (Å²) in [5, 5.41) is 12.4. The Morgan fingerprint density at radius 3 is 2.23 bits per heavy atom. The van der Waals surface area contributed by atoms with E-state index in [0.717, 1.165) is 0 Å². The van der Waals surface area contributed by atoms with Gasteiger partial charge in [-0.25, -0.2) is 0 Å². The SMILES string of the molecule is O=C(c1cc(Cl)ccc1Cl)N1CCN(c2ccc(Cl)cc2[N+](=O)[O-])CC1. The van der Waals surface area contributed by atoms with Gasteiger partial charge in [0.25, 0.3) is 11.6 Å². The zero-order chi connectivity index (χ0) is 18.8. The third kappa shape index (κ3) is 3.87. The Morgan fingerprint density at radius 1 is 0.962 bits per heavy atom. The van der Waals surface area contributed by atoms with Crippen LogP contribution in [0.4, 0.5) is 11.4 Å². The molecule has 3 rings (SSSR count). The van der Waals surface area contributed by atoms with Crippen LogP contribution in [-0.2, 0) is 0 Å². The number of carbonyl (C=O) groups excluding carboxylic acids is 1. The van der Waals surface area contributed by atoms with Gasteiger partial charge in [0.1, 0.15) is 5.69 Å². The quantitative estimate of drug-likeness (QED) is 0.547. The summed E-state index contributed by atoms with van der Waals surface area (Å²) >= 11 is 17.9. The molecule has 0 bridgehead atoms. The Balaban J connectivity index is 1.75. The average molecular weight is 415 g/mol. The van der Waals surface area contributed by atoms with Gasteiger partial charge in [0.05, 0.1) is 15.5 Å². The topological polar surface area (TPSA) is 66.7 Å². The van der Waals surface area contributed by atoms with Gasteiger partial charge >= 0.3 is 0 Å². The van der Waals surface area contributed by atoms with Crippen molar-refractivity contribution in [1.29, 1.82) is 0 Å². The van der Waals surface area contributed by atoms with Gasteiger partial charge in [-0.3, -0.25) is 14.9 Å². The maximum Gasteiger partial charge on any atom is 0.294 e. The van der Waals surface area contributed by atoms with Gasteiger partial charge < -0.3 is 9.80 Å². The van der Waals surface area contributed by atoms with E-state index < -0.39 is 4.92 Å². The molecule has 26 heavy (non-hydrogen) atoms. The molecular formula is C17H14Cl3N3O3. The van der Waals surface area contributed by atoms with E-state index in [1.54, 1.807) is 35.2 Å². The van der Waals surface area contributed by atoms with E-state index in [1.165, 1.54) is 6.07 Å². The number of carbonyl (C=O) groups is 1. The molecule has 0 aliphatic carbocycles. The third-order valence-corrected chi connectivity index (χ3v) is 5.00. The van der Waals surface area contributed by atoms with Gasteiger partial charge in [-0.15, -0.1) is 0 Å². The van der Waals surface area contributed by atoms with Crippen molar-refractivity contribution >= 4 is 52.1 Å². The van der Waals surface area contributed by atoms with Gasteiger partial charge in [-0.1, -0.05) is 34.8 Å². The minimum atomic E-state index is -0.454. The van der Waals surface area contributed by atoms with Gasteiger partial charge in [-0.2, -0.15) is 0 Å². The zero-order valence-corrected chi connectivity index (χ0v) is 15.8. The van der Waals surface area contributed by atoms with Crippen molar-refractivity contribution < 1.29 is 9.72 Å². The molecular weight excluding hydrogens is 401 g/mol. The number of nitro benzene ring substituents is 1. The molecule has 0 spiro atoms. The summed E-state index contributed by atoms with van der Waals surface area (Å²) < 4.78 is 0. The highest BCUT2D eigenvalue weighted by molar-refractivity contribution is 6.35. The molecule has 0 atom stereocenters. The molecule has 2 aromatic rings. The first-order valence-corrected chi connectivity index (χ1v) is 8.93. The summed E-state index contributed by atoms with van der Waals surface area (Å²) in [6.45, 7) is 1.77. The van der Waals surface area contributed by atoms with E-state index in [4.69, 9.17) is 34.8 Å². The number of amides is 1. The van der Waals surface area contributed by atoms with Gasteiger partial charge in [0.2, 0.25) is 0 Å². The van der Waals surface area contributed by atoms with E-state index in [9.17, 15) is 14.9 Å². The van der Waals surface area contributed by atoms with E-state index in [2.05, 4.69) is 0 Å². The van der Waals surface area contributed by atoms with Crippen LogP contribution in [0.15, 0.2) is 36.4 Å². The van der Waals surface area contributed by atoms with E-state index in [0.29, 0.717) is 52.5 Å². The van der Waals surface area contributed by atoms with Crippen molar-refractivity contribution in [1.82, 2.24) is 4.90 Å². The summed E-state index contributed by atoms with van der Waals surface area (Å²) in [5.41, 5.74) is 0.799. The highest BCUT2D eigenvalue weighted by atomic mass is 35.5. The number of anilines is 1. The number of hydrogen-bond donors (Lipinski definition) is 0. The number of benzene rings is 2. The molecule has 0 radical (unpaired) electrons. The van der Waals surface area contributed by atoms with Crippen molar-refractivity contribution in [3.63, 3.8) is 0 Å². The third-order valence-electron chi connectivity index (χ3n) is 4.20. The Morgan fingerprint density at radius 2 is 1.58 bits per heavy atom. The number of rotatable bonds is 3. The van der Waals surface area contributed by atoms with Crippen LogP contribution >= 0.6 is 34.8 Å². The Hall–Kier alpha value is -2.02. The van der Waals surface area contributed by atoms with Crippen LogP contribution in [-0.4, -0.2) is 41.9 Å². The second-order valence-corrected chi connectivity index (χ2v) is 7.07. The monoisotopic (exact) mass is 413 g/mol. The molecule has 6 nitrogen and oxygen atoms in total. The molecule has 1 saturated heterocycles. The Kier molecular flexibility index (Phi) is 5.55. The minimum absolute atomic E-state index is 0.0461. The van der Waals surface area contributed by atoms with Crippen molar-refractivity contribution in [2.24, 2.45) is 0 Å². The number of piperazine rings is 1. The first kappa shape index (κ1) is 18.8. The lowest BCUT2D eigenvalue weighted by molar-refractivity contribution is -0.384. The van der Waals surface area contributed by atoms with Crippen molar-refractivity contribution in [3.05, 3.63) is 67.1 Å². The molecule has 1 fully saturated rings. The van der Waals surface area contributed by atoms with Crippen molar-refractivity contribution in [3.8, 4) is 0 Å². The van der Waals surface area contributed by atoms with Gasteiger partial charge in [0.15, 0.2) is 0 Å². The standard InChI is InChI=1S/C17H14Cl3N3O3/c18-11-1-3-14(20)13(9-11)17(24)22-7-5-21(6-8-22)15-4-2-12(19)10-16(15)23(25)26/h1-4,9-10H,5-8H2. The average Bonchev–Trinajstić information content (AvgIpc) is 2.63. The second-order valence-electron chi connectivity index (χ2n) is 5.79. The molecule has 1 aliphatic rings. The normalized spacial score (nSPS) is 14.4. The molecule has 0 aromatic heterocycles. The molecule has 9 heteroatoms. The lowest BCUT2D eigenvalue weighted by Gasteiger charge is -2.36. The highest BCUT2D eigenvalue weighted by Crippen LogP contribution is 2.32. The lowest BCUT2D eigenvalue weighted by atomic mass is 10.1. The van der Waals surface area contributed by atoms with Crippen LogP contribution in [0.1, 0.15) is 10.4 Å². The number of nitro groups is 1. The van der Waals surface area contributed by atoms with E-state index in [-0.39, 0.29) is 11.6 Å². The van der Waals surface area contributed by atoms with Crippen molar-refractivity contribution in [2.75, 3.05) is 31.1 Å². The van der Waals surface area contributed by atoms with Crippen LogP contribution < -0.4 is 4.90 Å². The summed E-state index contributed by atoms with van der Waals surface area (Å²) in [7, 11) is 0. The number of halogens is 3. The second kappa shape index (κ2) is 7.70. The summed E-state index contributed by atoms with van der Waals surface area (Å²) in [4.78, 5) is 27.0. The van der Waals surface area contributed by atoms with Crippen LogP contribution in [0.5, 0.6) is 0 Å². The minimum Gasteiger partial charge on any atom is -0.362 e. The maximum atomic E-state index is 12.7. The zero-order valence-electron chi connectivity index (χ0n) is 13.5. The molecule has 0 unspecified atom stereocenters. The summed E-state index contributed by atoms with van der Waals surface area (Å²) in [5.74, 6) is -0.206.